The van der Waals surface area contributed by atoms with Gasteiger partial charge in [-0.25, -0.2) is 0 Å². The van der Waals surface area contributed by atoms with Gasteiger partial charge in [-0.05, 0) is 36.5 Å². The summed E-state index contributed by atoms with van der Waals surface area (Å²) in [5.74, 6) is 0. The summed E-state index contributed by atoms with van der Waals surface area (Å²) in [5, 5.41) is 0. The number of nitrogen functional groups attached to an aromatic ring is 2. The Hall–Kier alpha value is -1.26. The molecule has 10 N–H and O–H groups in total. The number of hydrogen-bond acceptors (Lipinski definition) is 4. The third-order valence-electron chi connectivity index (χ3n) is 2.55. The van der Waals surface area contributed by atoms with Crippen molar-refractivity contribution >= 4 is 11.4 Å². The van der Waals surface area contributed by atoms with Crippen molar-refractivity contribution in [2.45, 2.75) is 33.6 Å². The van der Waals surface area contributed by atoms with Crippen LogP contribution in [0.4, 0.5) is 11.4 Å². The van der Waals surface area contributed by atoms with Crippen LogP contribution in [-0.4, -0.2) is 0 Å². The molecule has 0 amide bonds. The van der Waals surface area contributed by atoms with E-state index in [9.17, 15) is 0 Å². The SMILES string of the molecule is CCc1cc(C)c(N)c(N)c1CC.N.N. The van der Waals surface area contributed by atoms with Gasteiger partial charge in [0.25, 0.3) is 0 Å². The van der Waals surface area contributed by atoms with Gasteiger partial charge in [-0.1, -0.05) is 19.9 Å². The van der Waals surface area contributed by atoms with Gasteiger partial charge in [0.15, 0.2) is 0 Å². The van der Waals surface area contributed by atoms with Crippen LogP contribution < -0.4 is 23.8 Å². The van der Waals surface area contributed by atoms with Crippen molar-refractivity contribution in [1.29, 1.82) is 0 Å². The number of hydrogen-bond donors (Lipinski definition) is 4. The summed E-state index contributed by atoms with van der Waals surface area (Å²) in [4.78, 5) is 0. The second kappa shape index (κ2) is 6.27. The first-order chi connectivity index (χ1) is 6.11. The van der Waals surface area contributed by atoms with Crippen molar-refractivity contribution < 1.29 is 0 Å². The predicted octanol–water partition coefficient (Wildman–Crippen LogP) is 2.61. The molecule has 0 saturated heterocycles. The van der Waals surface area contributed by atoms with Crippen LogP contribution in [0.15, 0.2) is 6.07 Å². The fourth-order valence-electron chi connectivity index (χ4n) is 1.71. The van der Waals surface area contributed by atoms with Crippen LogP contribution in [0.2, 0.25) is 0 Å². The molecule has 0 aliphatic heterocycles. The second-order valence-electron chi connectivity index (χ2n) is 3.37. The molecule has 0 spiro atoms. The summed E-state index contributed by atoms with van der Waals surface area (Å²) in [6, 6.07) is 2.14. The summed E-state index contributed by atoms with van der Waals surface area (Å²) in [6.45, 7) is 6.26. The third kappa shape index (κ3) is 2.84. The van der Waals surface area contributed by atoms with E-state index in [1.807, 2.05) is 6.92 Å². The molecule has 0 saturated carbocycles. The molecule has 1 aromatic carbocycles. The topological polar surface area (TPSA) is 122 Å². The molecule has 0 atom stereocenters. The Balaban J connectivity index is 0. The van der Waals surface area contributed by atoms with Gasteiger partial charge in [0.05, 0.1) is 11.4 Å². The maximum atomic E-state index is 5.95. The van der Waals surface area contributed by atoms with Gasteiger partial charge in [0, 0.05) is 0 Å². The molecule has 1 aromatic rings. The van der Waals surface area contributed by atoms with Gasteiger partial charge >= 0.3 is 0 Å². The summed E-state index contributed by atoms with van der Waals surface area (Å²) in [5.41, 5.74) is 17.0. The Morgan fingerprint density at radius 1 is 1.00 bits per heavy atom. The maximum absolute atomic E-state index is 5.95. The first-order valence-electron chi connectivity index (χ1n) is 4.78. The van der Waals surface area contributed by atoms with Gasteiger partial charge in [-0.15, -0.1) is 0 Å². The fraction of sp³-hybridized carbons (Fsp3) is 0.455. The molecule has 15 heavy (non-hydrogen) atoms. The second-order valence-corrected chi connectivity index (χ2v) is 3.37. The molecule has 0 radical (unpaired) electrons. The molecule has 0 unspecified atom stereocenters. The number of anilines is 2. The Kier molecular flexibility index (Phi) is 6.76. The molecule has 0 aliphatic carbocycles. The Bertz CT molecular complexity index is 321. The lowest BCUT2D eigenvalue weighted by molar-refractivity contribution is 1.04. The Morgan fingerprint density at radius 3 is 1.93 bits per heavy atom. The van der Waals surface area contributed by atoms with E-state index in [-0.39, 0.29) is 12.3 Å². The molecular formula is C11H24N4. The summed E-state index contributed by atoms with van der Waals surface area (Å²) in [7, 11) is 0. The predicted molar refractivity (Wildman–Crippen MR) is 68.8 cm³/mol. The van der Waals surface area contributed by atoms with E-state index in [1.165, 1.54) is 11.1 Å². The van der Waals surface area contributed by atoms with Crippen molar-refractivity contribution in [3.8, 4) is 0 Å². The normalized spacial score (nSPS) is 9.00. The number of benzene rings is 1. The fourth-order valence-corrected chi connectivity index (χ4v) is 1.71. The molecule has 0 heterocycles. The van der Waals surface area contributed by atoms with Crippen molar-refractivity contribution in [2.75, 3.05) is 11.5 Å². The lowest BCUT2D eigenvalue weighted by atomic mass is 9.97. The van der Waals surface area contributed by atoms with Crippen molar-refractivity contribution in [3.05, 3.63) is 22.8 Å². The van der Waals surface area contributed by atoms with Crippen LogP contribution in [0, 0.1) is 6.92 Å². The Labute approximate surface area is 92.2 Å². The summed E-state index contributed by atoms with van der Waals surface area (Å²) < 4.78 is 0. The van der Waals surface area contributed by atoms with E-state index < -0.39 is 0 Å². The minimum atomic E-state index is 0. The number of nitrogens with two attached hydrogens (primary N) is 2. The van der Waals surface area contributed by atoms with E-state index >= 15 is 0 Å². The molecule has 4 nitrogen and oxygen atoms in total. The zero-order valence-electron chi connectivity index (χ0n) is 10.1. The highest BCUT2D eigenvalue weighted by atomic mass is 14.7. The molecule has 1 rings (SSSR count). The van der Waals surface area contributed by atoms with Crippen molar-refractivity contribution in [2.24, 2.45) is 0 Å². The van der Waals surface area contributed by atoms with Crippen LogP contribution in [0.5, 0.6) is 0 Å². The summed E-state index contributed by atoms with van der Waals surface area (Å²) in [6.07, 6.45) is 1.98. The monoisotopic (exact) mass is 212 g/mol. The van der Waals surface area contributed by atoms with Crippen molar-refractivity contribution in [3.63, 3.8) is 0 Å². The first kappa shape index (κ1) is 16.2. The maximum Gasteiger partial charge on any atom is 0.0585 e. The molecule has 4 heteroatoms. The van der Waals surface area contributed by atoms with Gasteiger partial charge in [-0.2, -0.15) is 0 Å². The molecule has 0 aliphatic rings. The van der Waals surface area contributed by atoms with Gasteiger partial charge in [0.1, 0.15) is 0 Å². The number of rotatable bonds is 2. The standard InChI is InChI=1S/C11H18N2.2H3N/c1-4-8-6-7(3)10(12)11(13)9(8)5-2;;/h6H,4-5,12-13H2,1-3H3;2*1H3. The first-order valence-corrected chi connectivity index (χ1v) is 4.78. The third-order valence-corrected chi connectivity index (χ3v) is 2.55. The highest BCUT2D eigenvalue weighted by Crippen LogP contribution is 2.28. The summed E-state index contributed by atoms with van der Waals surface area (Å²) >= 11 is 0. The average Bonchev–Trinajstić information content (AvgIpc) is 2.13. The lowest BCUT2D eigenvalue weighted by Crippen LogP contribution is -2.05. The van der Waals surface area contributed by atoms with E-state index in [1.54, 1.807) is 0 Å². The zero-order valence-corrected chi connectivity index (χ0v) is 10.1. The molecule has 0 aromatic heterocycles. The van der Waals surface area contributed by atoms with Crippen LogP contribution in [0.25, 0.3) is 0 Å². The van der Waals surface area contributed by atoms with E-state index in [0.29, 0.717) is 0 Å². The van der Waals surface area contributed by atoms with Gasteiger partial charge in [0.2, 0.25) is 0 Å². The molecule has 0 fully saturated rings. The largest absolute Gasteiger partial charge is 0.397 e. The minimum absolute atomic E-state index is 0. The van der Waals surface area contributed by atoms with Crippen LogP contribution in [0.3, 0.4) is 0 Å². The van der Waals surface area contributed by atoms with E-state index in [4.69, 9.17) is 11.5 Å². The van der Waals surface area contributed by atoms with Crippen LogP contribution in [-0.2, 0) is 12.8 Å². The Morgan fingerprint density at radius 2 is 1.53 bits per heavy atom. The highest BCUT2D eigenvalue weighted by Gasteiger charge is 2.08. The zero-order chi connectivity index (χ0) is 10.0. The average molecular weight is 212 g/mol. The van der Waals surface area contributed by atoms with Crippen molar-refractivity contribution in [1.82, 2.24) is 12.3 Å². The number of aryl methyl sites for hydroxylation is 2. The minimum Gasteiger partial charge on any atom is -0.397 e. The lowest BCUT2D eigenvalue weighted by Gasteiger charge is -2.14. The smallest absolute Gasteiger partial charge is 0.0585 e. The van der Waals surface area contributed by atoms with E-state index in [2.05, 4.69) is 19.9 Å². The molecular weight excluding hydrogens is 188 g/mol. The quantitative estimate of drug-likeness (QED) is 0.563. The van der Waals surface area contributed by atoms with Crippen LogP contribution in [0.1, 0.15) is 30.5 Å². The van der Waals surface area contributed by atoms with E-state index in [0.717, 1.165) is 29.8 Å². The molecule has 0 bridgehead atoms. The van der Waals surface area contributed by atoms with Gasteiger partial charge in [-0.3, -0.25) is 0 Å². The highest BCUT2D eigenvalue weighted by molar-refractivity contribution is 5.72. The van der Waals surface area contributed by atoms with Gasteiger partial charge < -0.3 is 23.8 Å². The molecule has 88 valence electrons. The van der Waals surface area contributed by atoms with Crippen LogP contribution >= 0.6 is 0 Å².